The van der Waals surface area contributed by atoms with E-state index in [2.05, 4.69) is 9.97 Å². The predicted molar refractivity (Wildman–Crippen MR) is 37.7 cm³/mol. The molecule has 0 aliphatic heterocycles. The Balaban J connectivity index is 3.06. The van der Waals surface area contributed by atoms with Crippen LogP contribution < -0.4 is 0 Å². The number of aryl methyl sites for hydroxylation is 1. The molecule has 3 nitrogen and oxygen atoms in total. The van der Waals surface area contributed by atoms with Gasteiger partial charge in [0.25, 0.3) is 0 Å². The normalized spacial score (nSPS) is 9.90. The molecule has 1 rings (SSSR count). The van der Waals surface area contributed by atoms with Crippen molar-refractivity contribution in [2.75, 3.05) is 0 Å². The van der Waals surface area contributed by atoms with E-state index in [1.807, 2.05) is 0 Å². The van der Waals surface area contributed by atoms with Gasteiger partial charge in [0.2, 0.25) is 0 Å². The lowest BCUT2D eigenvalue weighted by Gasteiger charge is -1.96. The molecule has 0 aliphatic rings. The molecule has 0 fully saturated rings. The lowest BCUT2D eigenvalue weighted by molar-refractivity contribution is 0.271. The molecule has 0 atom stereocenters. The summed E-state index contributed by atoms with van der Waals surface area (Å²) in [7, 11) is 0. The Morgan fingerprint density at radius 3 is 2.80 bits per heavy atom. The second kappa shape index (κ2) is 2.94. The second-order valence-electron chi connectivity index (χ2n) is 1.91. The summed E-state index contributed by atoms with van der Waals surface area (Å²) < 4.78 is 0. The van der Waals surface area contributed by atoms with Gasteiger partial charge in [0, 0.05) is 5.69 Å². The van der Waals surface area contributed by atoms with Crippen LogP contribution in [0.3, 0.4) is 0 Å². The van der Waals surface area contributed by atoms with Crippen molar-refractivity contribution in [1.29, 1.82) is 0 Å². The van der Waals surface area contributed by atoms with Gasteiger partial charge in [-0.1, -0.05) is 11.6 Å². The molecule has 0 aliphatic carbocycles. The summed E-state index contributed by atoms with van der Waals surface area (Å²) >= 11 is 5.57. The minimum Gasteiger partial charge on any atom is -0.388 e. The first-order valence-corrected chi connectivity index (χ1v) is 3.21. The molecule has 0 saturated carbocycles. The van der Waals surface area contributed by atoms with Crippen molar-refractivity contribution in [2.45, 2.75) is 13.5 Å². The van der Waals surface area contributed by atoms with Crippen LogP contribution in [-0.2, 0) is 6.61 Å². The molecule has 0 amide bonds. The van der Waals surface area contributed by atoms with E-state index in [0.717, 1.165) is 5.69 Å². The highest BCUT2D eigenvalue weighted by Crippen LogP contribution is 2.05. The van der Waals surface area contributed by atoms with Gasteiger partial charge in [0.1, 0.15) is 11.8 Å². The molecule has 0 unspecified atom stereocenters. The minimum absolute atomic E-state index is 0.165. The minimum atomic E-state index is -0.165. The molecule has 1 heterocycles. The zero-order chi connectivity index (χ0) is 7.56. The van der Waals surface area contributed by atoms with E-state index in [1.165, 1.54) is 0 Å². The number of halogens is 1. The number of hydrogen-bond donors (Lipinski definition) is 1. The summed E-state index contributed by atoms with van der Waals surface area (Å²) in [6.45, 7) is 1.63. The van der Waals surface area contributed by atoms with Crippen molar-refractivity contribution in [3.63, 3.8) is 0 Å². The van der Waals surface area contributed by atoms with Crippen LogP contribution in [0.4, 0.5) is 0 Å². The van der Waals surface area contributed by atoms with Crippen molar-refractivity contribution in [2.24, 2.45) is 0 Å². The van der Waals surface area contributed by atoms with Gasteiger partial charge < -0.3 is 5.11 Å². The number of aliphatic hydroxyl groups excluding tert-OH is 1. The molecule has 1 aromatic rings. The molecule has 54 valence electrons. The first-order chi connectivity index (χ1) is 4.72. The van der Waals surface area contributed by atoms with E-state index >= 15 is 0 Å². The maximum atomic E-state index is 8.60. The highest BCUT2D eigenvalue weighted by molar-refractivity contribution is 6.29. The summed E-state index contributed by atoms with van der Waals surface area (Å²) in [6.07, 6.45) is 0. The molecule has 0 radical (unpaired) electrons. The Morgan fingerprint density at radius 2 is 2.30 bits per heavy atom. The van der Waals surface area contributed by atoms with Gasteiger partial charge in [-0.2, -0.15) is 0 Å². The van der Waals surface area contributed by atoms with Crippen LogP contribution in [0, 0.1) is 6.92 Å². The third-order valence-corrected chi connectivity index (χ3v) is 1.20. The van der Waals surface area contributed by atoms with Gasteiger partial charge in [-0.05, 0) is 13.0 Å². The smallest absolute Gasteiger partial charge is 0.155 e. The maximum Gasteiger partial charge on any atom is 0.155 e. The lowest BCUT2D eigenvalue weighted by Crippen LogP contribution is -1.95. The third kappa shape index (κ3) is 1.65. The van der Waals surface area contributed by atoms with Crippen LogP contribution in [0.15, 0.2) is 6.07 Å². The van der Waals surface area contributed by atoms with E-state index in [1.54, 1.807) is 13.0 Å². The third-order valence-electron chi connectivity index (χ3n) is 1.01. The molecule has 0 spiro atoms. The first-order valence-electron chi connectivity index (χ1n) is 2.83. The van der Waals surface area contributed by atoms with Crippen molar-refractivity contribution in [1.82, 2.24) is 9.97 Å². The fourth-order valence-electron chi connectivity index (χ4n) is 0.659. The maximum absolute atomic E-state index is 8.60. The molecule has 4 heteroatoms. The molecule has 0 aromatic carbocycles. The van der Waals surface area contributed by atoms with E-state index in [4.69, 9.17) is 16.7 Å². The number of hydrogen-bond acceptors (Lipinski definition) is 3. The molecular weight excluding hydrogens is 152 g/mol. The molecule has 10 heavy (non-hydrogen) atoms. The number of aromatic nitrogens is 2. The van der Waals surface area contributed by atoms with Crippen molar-refractivity contribution < 1.29 is 5.11 Å². The summed E-state index contributed by atoms with van der Waals surface area (Å²) in [5, 5.41) is 8.97. The SMILES string of the molecule is Cc1cc(Cl)nc(CO)n1. The van der Waals surface area contributed by atoms with E-state index in [9.17, 15) is 0 Å². The van der Waals surface area contributed by atoms with Gasteiger partial charge in [0.05, 0.1) is 0 Å². The van der Waals surface area contributed by atoms with E-state index in [0.29, 0.717) is 11.0 Å². The summed E-state index contributed by atoms with van der Waals surface area (Å²) in [5.41, 5.74) is 0.768. The van der Waals surface area contributed by atoms with Gasteiger partial charge in [-0.3, -0.25) is 0 Å². The molecule has 1 aromatic heterocycles. The standard InChI is InChI=1S/C6H7ClN2O/c1-4-2-5(7)9-6(3-10)8-4/h2,10H,3H2,1H3. The van der Waals surface area contributed by atoms with Crippen LogP contribution in [0.25, 0.3) is 0 Å². The van der Waals surface area contributed by atoms with Crippen LogP contribution in [-0.4, -0.2) is 15.1 Å². The van der Waals surface area contributed by atoms with Gasteiger partial charge in [-0.15, -0.1) is 0 Å². The van der Waals surface area contributed by atoms with Gasteiger partial charge in [0.15, 0.2) is 5.82 Å². The quantitative estimate of drug-likeness (QED) is 0.619. The molecular formula is C6H7ClN2O. The average Bonchev–Trinajstić information content (AvgIpc) is 1.85. The summed E-state index contributed by atoms with van der Waals surface area (Å²) in [6, 6.07) is 1.64. The largest absolute Gasteiger partial charge is 0.388 e. The second-order valence-corrected chi connectivity index (χ2v) is 2.29. The summed E-state index contributed by atoms with van der Waals surface area (Å²) in [5.74, 6) is 0.366. The fraction of sp³-hybridized carbons (Fsp3) is 0.333. The topological polar surface area (TPSA) is 46.0 Å². The van der Waals surface area contributed by atoms with Crippen LogP contribution in [0.1, 0.15) is 11.5 Å². The zero-order valence-electron chi connectivity index (χ0n) is 5.50. The van der Waals surface area contributed by atoms with Crippen LogP contribution in [0.5, 0.6) is 0 Å². The van der Waals surface area contributed by atoms with E-state index in [-0.39, 0.29) is 6.61 Å². The van der Waals surface area contributed by atoms with Crippen molar-refractivity contribution >= 4 is 11.6 Å². The van der Waals surface area contributed by atoms with Crippen LogP contribution in [0.2, 0.25) is 5.15 Å². The van der Waals surface area contributed by atoms with Crippen LogP contribution >= 0.6 is 11.6 Å². The zero-order valence-corrected chi connectivity index (χ0v) is 6.26. The van der Waals surface area contributed by atoms with Crippen molar-refractivity contribution in [3.05, 3.63) is 22.7 Å². The number of rotatable bonds is 1. The molecule has 0 saturated heterocycles. The first kappa shape index (κ1) is 7.44. The lowest BCUT2D eigenvalue weighted by atomic mass is 10.4. The molecule has 0 bridgehead atoms. The Labute approximate surface area is 63.7 Å². The molecule has 1 N–H and O–H groups in total. The Hall–Kier alpha value is -0.670. The summed E-state index contributed by atoms with van der Waals surface area (Å²) in [4.78, 5) is 7.66. The monoisotopic (exact) mass is 158 g/mol. The average molecular weight is 159 g/mol. The Kier molecular flexibility index (Phi) is 2.19. The number of nitrogens with zero attached hydrogens (tertiary/aromatic N) is 2. The highest BCUT2D eigenvalue weighted by Gasteiger charge is 1.96. The fourth-order valence-corrected chi connectivity index (χ4v) is 0.915. The Morgan fingerprint density at radius 1 is 1.60 bits per heavy atom. The number of aliphatic hydroxyl groups is 1. The highest BCUT2D eigenvalue weighted by atomic mass is 35.5. The van der Waals surface area contributed by atoms with Gasteiger partial charge >= 0.3 is 0 Å². The van der Waals surface area contributed by atoms with E-state index < -0.39 is 0 Å². The van der Waals surface area contributed by atoms with Gasteiger partial charge in [-0.25, -0.2) is 9.97 Å². The predicted octanol–water partition coefficient (Wildman–Crippen LogP) is 0.931. The Bertz CT molecular complexity index is 219. The van der Waals surface area contributed by atoms with Crippen molar-refractivity contribution in [3.8, 4) is 0 Å².